The summed E-state index contributed by atoms with van der Waals surface area (Å²) in [4.78, 5) is 21.5. The van der Waals surface area contributed by atoms with Crippen molar-refractivity contribution in [1.29, 1.82) is 0 Å². The van der Waals surface area contributed by atoms with E-state index in [1.54, 1.807) is 6.92 Å². The third kappa shape index (κ3) is 3.88. The number of nitrogens with zero attached hydrogens (tertiary/aromatic N) is 1. The smallest absolute Gasteiger partial charge is 0.332 e. The van der Waals surface area contributed by atoms with Gasteiger partial charge >= 0.3 is 12.0 Å². The Hall–Kier alpha value is -1.59. The number of hydrogen-bond donors (Lipinski definition) is 2. The van der Waals surface area contributed by atoms with Crippen molar-refractivity contribution >= 4 is 17.7 Å². The molecular weight excluding hydrogens is 186 g/mol. The third-order valence-electron chi connectivity index (χ3n) is 1.74. The van der Waals surface area contributed by atoms with Crippen molar-refractivity contribution in [3.8, 4) is 0 Å². The molecule has 6 heteroatoms. The van der Waals surface area contributed by atoms with Gasteiger partial charge in [-0.1, -0.05) is 6.92 Å². The lowest BCUT2D eigenvalue weighted by Gasteiger charge is -2.11. The van der Waals surface area contributed by atoms with E-state index in [9.17, 15) is 9.59 Å². The van der Waals surface area contributed by atoms with Gasteiger partial charge in [0.1, 0.15) is 0 Å². The molecule has 6 nitrogen and oxygen atoms in total. The molecule has 0 aliphatic rings. The Kier molecular flexibility index (Phi) is 5.28. The molecular formula is C8H15N3O3. The fourth-order valence-electron chi connectivity index (χ4n) is 0.996. The number of carbonyl (C=O) groups is 2. The van der Waals surface area contributed by atoms with Crippen molar-refractivity contribution in [3.05, 3.63) is 0 Å². The summed E-state index contributed by atoms with van der Waals surface area (Å²) in [5.41, 5.74) is 7.35. The zero-order valence-electron chi connectivity index (χ0n) is 8.53. The minimum Gasteiger partial charge on any atom is -0.469 e. The van der Waals surface area contributed by atoms with Gasteiger partial charge in [-0.05, 0) is 13.3 Å². The molecule has 1 atom stereocenters. The number of urea groups is 1. The number of hydrogen-bond acceptors (Lipinski definition) is 4. The van der Waals surface area contributed by atoms with Gasteiger partial charge in [-0.2, -0.15) is 5.10 Å². The van der Waals surface area contributed by atoms with Crippen LogP contribution in [0.2, 0.25) is 0 Å². The van der Waals surface area contributed by atoms with Crippen LogP contribution in [0.5, 0.6) is 0 Å². The maximum Gasteiger partial charge on any atom is 0.332 e. The molecule has 0 aliphatic heterocycles. The monoisotopic (exact) mass is 201 g/mol. The number of carbonyl (C=O) groups excluding carboxylic acids is 2. The Morgan fingerprint density at radius 1 is 1.57 bits per heavy atom. The Bertz CT molecular complexity index is 250. The van der Waals surface area contributed by atoms with Crippen molar-refractivity contribution < 1.29 is 14.3 Å². The summed E-state index contributed by atoms with van der Waals surface area (Å²) >= 11 is 0. The molecule has 0 saturated heterocycles. The van der Waals surface area contributed by atoms with E-state index in [-0.39, 0.29) is 5.97 Å². The first-order valence-corrected chi connectivity index (χ1v) is 4.20. The van der Waals surface area contributed by atoms with Gasteiger partial charge in [-0.15, -0.1) is 0 Å². The number of ether oxygens (including phenoxy) is 1. The molecule has 0 heterocycles. The predicted molar refractivity (Wildman–Crippen MR) is 51.6 cm³/mol. The van der Waals surface area contributed by atoms with Crippen molar-refractivity contribution in [1.82, 2.24) is 5.43 Å². The number of nitrogens with two attached hydrogens (primary N) is 1. The molecule has 0 fully saturated rings. The molecule has 14 heavy (non-hydrogen) atoms. The van der Waals surface area contributed by atoms with Crippen LogP contribution in [-0.4, -0.2) is 24.8 Å². The molecule has 0 rings (SSSR count). The highest BCUT2D eigenvalue weighted by Gasteiger charge is 2.20. The van der Waals surface area contributed by atoms with Crippen LogP contribution in [-0.2, 0) is 9.53 Å². The van der Waals surface area contributed by atoms with Crippen LogP contribution in [0.1, 0.15) is 20.3 Å². The molecule has 0 aromatic carbocycles. The molecule has 0 aromatic heterocycles. The maximum absolute atomic E-state index is 11.2. The highest BCUT2D eigenvalue weighted by molar-refractivity contribution is 6.01. The lowest BCUT2D eigenvalue weighted by Crippen LogP contribution is -2.29. The topological polar surface area (TPSA) is 93.8 Å². The molecule has 3 N–H and O–H groups in total. The highest BCUT2D eigenvalue weighted by atomic mass is 16.5. The summed E-state index contributed by atoms with van der Waals surface area (Å²) in [5.74, 6) is -0.813. The number of esters is 1. The van der Waals surface area contributed by atoms with Gasteiger partial charge in [0.15, 0.2) is 0 Å². The molecule has 0 aromatic rings. The Morgan fingerprint density at radius 2 is 2.14 bits per heavy atom. The first kappa shape index (κ1) is 12.4. The quantitative estimate of drug-likeness (QED) is 0.387. The lowest BCUT2D eigenvalue weighted by atomic mass is 10.0. The SMILES string of the molecule is CCC(C(=O)OC)/C(C)=N/NC(N)=O. The molecule has 0 aliphatic carbocycles. The van der Waals surface area contributed by atoms with Gasteiger partial charge in [0.2, 0.25) is 0 Å². The Morgan fingerprint density at radius 3 is 2.50 bits per heavy atom. The maximum atomic E-state index is 11.2. The summed E-state index contributed by atoms with van der Waals surface area (Å²) in [6, 6.07) is -0.760. The number of amides is 2. The van der Waals surface area contributed by atoms with Crippen molar-refractivity contribution in [2.24, 2.45) is 16.8 Å². The minimum absolute atomic E-state index is 0.375. The lowest BCUT2D eigenvalue weighted by molar-refractivity contribution is -0.143. The van der Waals surface area contributed by atoms with E-state index >= 15 is 0 Å². The first-order valence-electron chi connectivity index (χ1n) is 4.20. The number of nitrogens with one attached hydrogen (secondary N) is 1. The van der Waals surface area contributed by atoms with Gasteiger partial charge in [0, 0.05) is 5.71 Å². The second-order valence-electron chi connectivity index (χ2n) is 2.71. The van der Waals surface area contributed by atoms with Crippen molar-refractivity contribution in [2.75, 3.05) is 7.11 Å². The second-order valence-corrected chi connectivity index (χ2v) is 2.71. The Balaban J connectivity index is 4.44. The van der Waals surface area contributed by atoms with Crippen LogP contribution in [0.3, 0.4) is 0 Å². The van der Waals surface area contributed by atoms with E-state index in [1.807, 2.05) is 6.92 Å². The zero-order chi connectivity index (χ0) is 11.1. The summed E-state index contributed by atoms with van der Waals surface area (Å²) < 4.78 is 4.57. The number of hydrazone groups is 1. The van der Waals surface area contributed by atoms with E-state index in [2.05, 4.69) is 15.3 Å². The number of rotatable bonds is 4. The van der Waals surface area contributed by atoms with Gasteiger partial charge < -0.3 is 10.5 Å². The standard InChI is InChI=1S/C8H15N3O3/c1-4-6(7(12)14-3)5(2)10-11-8(9)13/h6H,4H2,1-3H3,(H3,9,11,13)/b10-5+. The molecule has 0 spiro atoms. The molecule has 0 radical (unpaired) electrons. The minimum atomic E-state index is -0.760. The summed E-state index contributed by atoms with van der Waals surface area (Å²) in [6.45, 7) is 3.45. The fraction of sp³-hybridized carbons (Fsp3) is 0.625. The van der Waals surface area contributed by atoms with Crippen molar-refractivity contribution in [3.63, 3.8) is 0 Å². The number of primary amides is 1. The van der Waals surface area contributed by atoms with Crippen molar-refractivity contribution in [2.45, 2.75) is 20.3 Å². The zero-order valence-corrected chi connectivity index (χ0v) is 8.53. The predicted octanol–water partition coefficient (Wildman–Crippen LogP) is 0.230. The van der Waals surface area contributed by atoms with Crippen LogP contribution < -0.4 is 11.2 Å². The highest BCUT2D eigenvalue weighted by Crippen LogP contribution is 2.07. The molecule has 0 bridgehead atoms. The fourth-order valence-corrected chi connectivity index (χ4v) is 0.996. The number of methoxy groups -OCH3 is 1. The van der Waals surface area contributed by atoms with Gasteiger partial charge in [-0.3, -0.25) is 4.79 Å². The van der Waals surface area contributed by atoms with Crippen LogP contribution >= 0.6 is 0 Å². The van der Waals surface area contributed by atoms with Gasteiger partial charge in [0.25, 0.3) is 0 Å². The normalized spacial score (nSPS) is 13.2. The van der Waals surface area contributed by atoms with E-state index in [1.165, 1.54) is 7.11 Å². The third-order valence-corrected chi connectivity index (χ3v) is 1.74. The van der Waals surface area contributed by atoms with Crippen LogP contribution in [0, 0.1) is 5.92 Å². The summed E-state index contributed by atoms with van der Waals surface area (Å²) in [7, 11) is 1.31. The van der Waals surface area contributed by atoms with E-state index in [0.29, 0.717) is 12.1 Å². The van der Waals surface area contributed by atoms with E-state index < -0.39 is 11.9 Å². The summed E-state index contributed by atoms with van der Waals surface area (Å²) in [5, 5.41) is 3.66. The summed E-state index contributed by atoms with van der Waals surface area (Å²) in [6.07, 6.45) is 0.558. The largest absolute Gasteiger partial charge is 0.469 e. The average Bonchev–Trinajstić information content (AvgIpc) is 2.15. The van der Waals surface area contributed by atoms with Crippen LogP contribution in [0.15, 0.2) is 5.10 Å². The Labute approximate surface area is 82.5 Å². The first-order chi connectivity index (χ1) is 6.52. The molecule has 0 saturated carbocycles. The van der Waals surface area contributed by atoms with E-state index in [4.69, 9.17) is 5.73 Å². The van der Waals surface area contributed by atoms with Crippen LogP contribution in [0.4, 0.5) is 4.79 Å². The van der Waals surface area contributed by atoms with Gasteiger partial charge in [0.05, 0.1) is 13.0 Å². The van der Waals surface area contributed by atoms with E-state index in [0.717, 1.165) is 0 Å². The molecule has 2 amide bonds. The second kappa shape index (κ2) is 5.95. The molecule has 80 valence electrons. The van der Waals surface area contributed by atoms with Gasteiger partial charge in [-0.25, -0.2) is 10.2 Å². The van der Waals surface area contributed by atoms with Crippen LogP contribution in [0.25, 0.3) is 0 Å². The average molecular weight is 201 g/mol. The molecule has 1 unspecified atom stereocenters.